The van der Waals surface area contributed by atoms with E-state index in [-0.39, 0.29) is 24.0 Å². The molecular formula is C19H27BrIN5O. The number of aliphatic imine (C=N–C) groups is 1. The summed E-state index contributed by atoms with van der Waals surface area (Å²) in [5.41, 5.74) is 3.56. The molecular weight excluding hydrogens is 521 g/mol. The highest BCUT2D eigenvalue weighted by molar-refractivity contribution is 14.0. The largest absolute Gasteiger partial charge is 0.361 e. The van der Waals surface area contributed by atoms with E-state index in [1.165, 1.54) is 11.1 Å². The summed E-state index contributed by atoms with van der Waals surface area (Å²) in [6.45, 7) is 9.57. The maximum absolute atomic E-state index is 5.15. The average Bonchev–Trinajstić information content (AvgIpc) is 3.03. The van der Waals surface area contributed by atoms with Gasteiger partial charge in [0.15, 0.2) is 5.96 Å². The number of hydrogen-bond acceptors (Lipinski definition) is 4. The van der Waals surface area contributed by atoms with Crippen molar-refractivity contribution >= 4 is 45.9 Å². The van der Waals surface area contributed by atoms with Crippen molar-refractivity contribution in [3.05, 3.63) is 51.3 Å². The fourth-order valence-corrected chi connectivity index (χ4v) is 3.68. The summed E-state index contributed by atoms with van der Waals surface area (Å²) < 4.78 is 6.27. The number of rotatable bonds is 4. The summed E-state index contributed by atoms with van der Waals surface area (Å²) in [6.07, 6.45) is 0. The second-order valence-corrected chi connectivity index (χ2v) is 7.58. The Morgan fingerprint density at radius 3 is 2.56 bits per heavy atom. The van der Waals surface area contributed by atoms with Crippen LogP contribution in [0.15, 0.2) is 38.3 Å². The van der Waals surface area contributed by atoms with Crippen LogP contribution < -0.4 is 5.32 Å². The fraction of sp³-hybridized carbons (Fsp3) is 0.474. The van der Waals surface area contributed by atoms with Crippen LogP contribution in [0.3, 0.4) is 0 Å². The number of aromatic nitrogens is 1. The Labute approximate surface area is 186 Å². The molecule has 1 aromatic carbocycles. The van der Waals surface area contributed by atoms with Crippen LogP contribution in [0.4, 0.5) is 0 Å². The summed E-state index contributed by atoms with van der Waals surface area (Å²) in [7, 11) is 1.85. The minimum atomic E-state index is 0. The highest BCUT2D eigenvalue weighted by atomic mass is 127. The lowest BCUT2D eigenvalue weighted by Crippen LogP contribution is -2.52. The van der Waals surface area contributed by atoms with Crippen LogP contribution in [0.25, 0.3) is 0 Å². The topological polar surface area (TPSA) is 56.9 Å². The van der Waals surface area contributed by atoms with Crippen LogP contribution in [0, 0.1) is 13.8 Å². The smallest absolute Gasteiger partial charge is 0.194 e. The lowest BCUT2D eigenvalue weighted by Gasteiger charge is -2.36. The predicted molar refractivity (Wildman–Crippen MR) is 123 cm³/mol. The second-order valence-electron chi connectivity index (χ2n) is 6.66. The Morgan fingerprint density at radius 1 is 1.22 bits per heavy atom. The van der Waals surface area contributed by atoms with Gasteiger partial charge >= 0.3 is 0 Å². The van der Waals surface area contributed by atoms with E-state index >= 15 is 0 Å². The number of nitrogens with zero attached hydrogens (tertiary/aromatic N) is 4. The SMILES string of the molecule is CN=C(NCc1ccc(Br)cc1C)N1CCN(Cc2cc(C)on2)CC1.I. The molecule has 0 aliphatic carbocycles. The molecule has 0 spiro atoms. The molecule has 0 saturated carbocycles. The first kappa shape index (κ1) is 22.2. The van der Waals surface area contributed by atoms with Crippen LogP contribution in [0.1, 0.15) is 22.6 Å². The van der Waals surface area contributed by atoms with Gasteiger partial charge in [-0.2, -0.15) is 0 Å². The zero-order chi connectivity index (χ0) is 18.5. The molecule has 8 heteroatoms. The van der Waals surface area contributed by atoms with E-state index in [1.807, 2.05) is 20.0 Å². The molecule has 1 saturated heterocycles. The quantitative estimate of drug-likeness (QED) is 0.360. The van der Waals surface area contributed by atoms with Gasteiger partial charge in [0, 0.05) is 56.9 Å². The van der Waals surface area contributed by atoms with E-state index in [4.69, 9.17) is 4.52 Å². The Kier molecular flexibility index (Phi) is 8.56. The predicted octanol–water partition coefficient (Wildman–Crippen LogP) is 3.57. The molecule has 0 atom stereocenters. The van der Waals surface area contributed by atoms with E-state index in [9.17, 15) is 0 Å². The van der Waals surface area contributed by atoms with Gasteiger partial charge in [-0.3, -0.25) is 9.89 Å². The van der Waals surface area contributed by atoms with Crippen molar-refractivity contribution < 1.29 is 4.52 Å². The lowest BCUT2D eigenvalue weighted by molar-refractivity contribution is 0.169. The Morgan fingerprint density at radius 2 is 1.96 bits per heavy atom. The first-order chi connectivity index (χ1) is 12.5. The maximum Gasteiger partial charge on any atom is 0.194 e. The lowest BCUT2D eigenvalue weighted by atomic mass is 10.1. The molecule has 0 bridgehead atoms. The molecule has 1 N–H and O–H groups in total. The van der Waals surface area contributed by atoms with Crippen molar-refractivity contribution in [3.63, 3.8) is 0 Å². The van der Waals surface area contributed by atoms with E-state index in [1.54, 1.807) is 0 Å². The molecule has 3 rings (SSSR count). The number of hydrogen-bond donors (Lipinski definition) is 1. The highest BCUT2D eigenvalue weighted by Crippen LogP contribution is 2.16. The van der Waals surface area contributed by atoms with Gasteiger partial charge in [-0.1, -0.05) is 27.2 Å². The third kappa shape index (κ3) is 6.18. The van der Waals surface area contributed by atoms with Crippen molar-refractivity contribution in [1.82, 2.24) is 20.3 Å². The zero-order valence-corrected chi connectivity index (χ0v) is 20.0. The molecule has 1 aromatic heterocycles. The van der Waals surface area contributed by atoms with Crippen LogP contribution in [-0.2, 0) is 13.1 Å². The number of piperazine rings is 1. The van der Waals surface area contributed by atoms with Crippen molar-refractivity contribution in [2.75, 3.05) is 33.2 Å². The van der Waals surface area contributed by atoms with Crippen molar-refractivity contribution in [2.24, 2.45) is 4.99 Å². The van der Waals surface area contributed by atoms with Gasteiger partial charge in [-0.05, 0) is 37.1 Å². The molecule has 0 radical (unpaired) electrons. The third-order valence-corrected chi connectivity index (χ3v) is 5.18. The molecule has 6 nitrogen and oxygen atoms in total. The van der Waals surface area contributed by atoms with Crippen molar-refractivity contribution in [2.45, 2.75) is 26.9 Å². The molecule has 1 aliphatic rings. The van der Waals surface area contributed by atoms with Gasteiger partial charge in [0.2, 0.25) is 0 Å². The molecule has 1 fully saturated rings. The minimum Gasteiger partial charge on any atom is -0.361 e. The zero-order valence-electron chi connectivity index (χ0n) is 16.0. The first-order valence-electron chi connectivity index (χ1n) is 8.90. The molecule has 0 unspecified atom stereocenters. The monoisotopic (exact) mass is 547 g/mol. The average molecular weight is 548 g/mol. The Balaban J connectivity index is 0.00000261. The standard InChI is InChI=1S/C19H26BrN5O.HI/c1-14-10-17(20)5-4-16(14)12-22-19(21-3)25-8-6-24(7-9-25)13-18-11-15(2)26-23-18;/h4-5,10-11H,6-9,12-13H2,1-3H3,(H,21,22);1H. The van der Waals surface area contributed by atoms with E-state index in [0.717, 1.165) is 61.2 Å². The minimum absolute atomic E-state index is 0. The molecule has 0 amide bonds. The van der Waals surface area contributed by atoms with Crippen LogP contribution in [0.5, 0.6) is 0 Å². The highest BCUT2D eigenvalue weighted by Gasteiger charge is 2.20. The number of halogens is 2. The van der Waals surface area contributed by atoms with Gasteiger partial charge in [0.1, 0.15) is 5.76 Å². The number of benzene rings is 1. The number of nitrogens with one attached hydrogen (secondary N) is 1. The summed E-state index contributed by atoms with van der Waals surface area (Å²) in [6, 6.07) is 8.38. The maximum atomic E-state index is 5.15. The van der Waals surface area contributed by atoms with E-state index in [2.05, 4.69) is 66.3 Å². The summed E-state index contributed by atoms with van der Waals surface area (Å²) in [5.74, 6) is 1.83. The van der Waals surface area contributed by atoms with Gasteiger partial charge < -0.3 is 14.7 Å². The van der Waals surface area contributed by atoms with Crippen molar-refractivity contribution in [1.29, 1.82) is 0 Å². The van der Waals surface area contributed by atoms with Crippen LogP contribution in [-0.4, -0.2) is 54.1 Å². The fourth-order valence-electron chi connectivity index (χ4n) is 3.20. The number of aryl methyl sites for hydroxylation is 2. The molecule has 148 valence electrons. The van der Waals surface area contributed by atoms with Gasteiger partial charge in [-0.15, -0.1) is 24.0 Å². The normalized spacial score (nSPS) is 15.6. The molecule has 2 heterocycles. The number of guanidine groups is 1. The van der Waals surface area contributed by atoms with Crippen LogP contribution >= 0.6 is 39.9 Å². The molecule has 2 aromatic rings. The Bertz CT molecular complexity index is 771. The Hall–Kier alpha value is -1.13. The van der Waals surface area contributed by atoms with Gasteiger partial charge in [0.25, 0.3) is 0 Å². The van der Waals surface area contributed by atoms with E-state index in [0.29, 0.717) is 0 Å². The first-order valence-corrected chi connectivity index (χ1v) is 9.69. The van der Waals surface area contributed by atoms with Crippen molar-refractivity contribution in [3.8, 4) is 0 Å². The third-order valence-electron chi connectivity index (χ3n) is 4.69. The van der Waals surface area contributed by atoms with Gasteiger partial charge in [-0.25, -0.2) is 0 Å². The molecule has 27 heavy (non-hydrogen) atoms. The summed E-state index contributed by atoms with van der Waals surface area (Å²) in [4.78, 5) is 9.18. The molecule has 1 aliphatic heterocycles. The summed E-state index contributed by atoms with van der Waals surface area (Å²) in [5, 5.41) is 7.59. The second kappa shape index (κ2) is 10.4. The van der Waals surface area contributed by atoms with Crippen LogP contribution in [0.2, 0.25) is 0 Å². The van der Waals surface area contributed by atoms with E-state index < -0.39 is 0 Å². The summed E-state index contributed by atoms with van der Waals surface area (Å²) >= 11 is 3.52. The van der Waals surface area contributed by atoms with Gasteiger partial charge in [0.05, 0.1) is 5.69 Å².